The number of aliphatic carboxylic acids is 1. The molecule has 4 heteroatoms. The van der Waals surface area contributed by atoms with Crippen LogP contribution in [0, 0.1) is 0 Å². The Bertz CT molecular complexity index is 653. The third kappa shape index (κ3) is 5.33. The molecule has 0 aliphatic carbocycles. The zero-order valence-electron chi connectivity index (χ0n) is 13.1. The van der Waals surface area contributed by atoms with Crippen molar-refractivity contribution in [3.8, 4) is 11.1 Å². The Balaban J connectivity index is 1.92. The maximum absolute atomic E-state index is 12.5. The molecule has 1 N–H and O–H groups in total. The number of rotatable bonds is 9. The molecule has 2 aromatic rings. The summed E-state index contributed by atoms with van der Waals surface area (Å²) in [5.74, 6) is -0.630. The number of hydrogen-bond acceptors (Lipinski definition) is 3. The number of carboxylic acid groups (broad SMARTS) is 1. The average molecular weight is 311 g/mol. The first-order valence-corrected chi connectivity index (χ1v) is 7.93. The number of pyridine rings is 1. The smallest absolute Gasteiger partial charge is 0.303 e. The Morgan fingerprint density at radius 2 is 1.65 bits per heavy atom. The molecule has 0 fully saturated rings. The molecule has 4 nitrogen and oxygen atoms in total. The molecule has 0 atom stereocenters. The maximum Gasteiger partial charge on any atom is 0.303 e. The highest BCUT2D eigenvalue weighted by Crippen LogP contribution is 2.24. The van der Waals surface area contributed by atoms with E-state index in [9.17, 15) is 9.59 Å². The van der Waals surface area contributed by atoms with Gasteiger partial charge < -0.3 is 5.11 Å². The van der Waals surface area contributed by atoms with E-state index in [-0.39, 0.29) is 12.2 Å². The van der Waals surface area contributed by atoms with Crippen LogP contribution < -0.4 is 0 Å². The SMILES string of the molecule is O=C(O)CCCCCCC(=O)c1ccccc1-c1cccnc1. The Kier molecular flexibility index (Phi) is 6.48. The predicted octanol–water partition coefficient (Wildman–Crippen LogP) is 4.36. The number of carboxylic acids is 1. The van der Waals surface area contributed by atoms with Gasteiger partial charge in [0.2, 0.25) is 0 Å². The summed E-state index contributed by atoms with van der Waals surface area (Å²) in [4.78, 5) is 27.0. The molecular formula is C19H21NO3. The Hall–Kier alpha value is -2.49. The average Bonchev–Trinajstić information content (AvgIpc) is 2.58. The predicted molar refractivity (Wildman–Crippen MR) is 89.3 cm³/mol. The molecule has 0 saturated carbocycles. The van der Waals surface area contributed by atoms with Crippen LogP contribution in [-0.4, -0.2) is 21.8 Å². The van der Waals surface area contributed by atoms with Crippen LogP contribution in [0.15, 0.2) is 48.8 Å². The van der Waals surface area contributed by atoms with Gasteiger partial charge in [-0.2, -0.15) is 0 Å². The Morgan fingerprint density at radius 1 is 0.913 bits per heavy atom. The lowest BCUT2D eigenvalue weighted by Gasteiger charge is -2.08. The lowest BCUT2D eigenvalue weighted by atomic mass is 9.95. The Labute approximate surface area is 136 Å². The van der Waals surface area contributed by atoms with Crippen LogP contribution in [-0.2, 0) is 4.79 Å². The van der Waals surface area contributed by atoms with Crippen LogP contribution in [0.5, 0.6) is 0 Å². The van der Waals surface area contributed by atoms with Gasteiger partial charge in [0.05, 0.1) is 0 Å². The summed E-state index contributed by atoms with van der Waals surface area (Å²) in [7, 11) is 0. The zero-order chi connectivity index (χ0) is 16.5. The topological polar surface area (TPSA) is 67.3 Å². The van der Waals surface area contributed by atoms with Crippen molar-refractivity contribution in [1.29, 1.82) is 0 Å². The van der Waals surface area contributed by atoms with Crippen molar-refractivity contribution >= 4 is 11.8 Å². The first kappa shape index (κ1) is 16.9. The summed E-state index contributed by atoms with van der Waals surface area (Å²) < 4.78 is 0. The summed E-state index contributed by atoms with van der Waals surface area (Å²) in [6.45, 7) is 0. The van der Waals surface area contributed by atoms with E-state index in [1.54, 1.807) is 12.4 Å². The second-order valence-electron chi connectivity index (χ2n) is 5.52. The monoisotopic (exact) mass is 311 g/mol. The van der Waals surface area contributed by atoms with E-state index in [4.69, 9.17) is 5.11 Å². The van der Waals surface area contributed by atoms with Gasteiger partial charge in [-0.1, -0.05) is 43.2 Å². The molecule has 1 aromatic heterocycles. The highest BCUT2D eigenvalue weighted by Gasteiger charge is 2.12. The molecule has 1 aromatic carbocycles. The van der Waals surface area contributed by atoms with Crippen LogP contribution in [0.1, 0.15) is 48.9 Å². The summed E-state index contributed by atoms with van der Waals surface area (Å²) in [5.41, 5.74) is 2.58. The molecule has 23 heavy (non-hydrogen) atoms. The fourth-order valence-electron chi connectivity index (χ4n) is 2.55. The number of aromatic nitrogens is 1. The molecule has 0 aliphatic heterocycles. The summed E-state index contributed by atoms with van der Waals surface area (Å²) in [6, 6.07) is 11.4. The van der Waals surface area contributed by atoms with Crippen molar-refractivity contribution in [2.24, 2.45) is 0 Å². The van der Waals surface area contributed by atoms with Crippen LogP contribution in [0.3, 0.4) is 0 Å². The fourth-order valence-corrected chi connectivity index (χ4v) is 2.55. The molecule has 120 valence electrons. The highest BCUT2D eigenvalue weighted by molar-refractivity contribution is 6.02. The molecule has 0 saturated heterocycles. The third-order valence-electron chi connectivity index (χ3n) is 3.74. The van der Waals surface area contributed by atoms with Gasteiger partial charge in [-0.3, -0.25) is 14.6 Å². The van der Waals surface area contributed by atoms with Gasteiger partial charge in [-0.25, -0.2) is 0 Å². The molecule has 2 rings (SSSR count). The van der Waals surface area contributed by atoms with Crippen molar-refractivity contribution in [3.05, 3.63) is 54.4 Å². The van der Waals surface area contributed by atoms with Crippen molar-refractivity contribution in [3.63, 3.8) is 0 Å². The second-order valence-corrected chi connectivity index (χ2v) is 5.52. The summed E-state index contributed by atoms with van der Waals surface area (Å²) in [5, 5.41) is 8.59. The zero-order valence-corrected chi connectivity index (χ0v) is 13.1. The van der Waals surface area contributed by atoms with Crippen molar-refractivity contribution in [2.45, 2.75) is 38.5 Å². The number of hydrogen-bond donors (Lipinski definition) is 1. The number of benzene rings is 1. The van der Waals surface area contributed by atoms with Gasteiger partial charge in [0.25, 0.3) is 0 Å². The molecule has 0 amide bonds. The van der Waals surface area contributed by atoms with Crippen LogP contribution >= 0.6 is 0 Å². The largest absolute Gasteiger partial charge is 0.481 e. The molecule has 1 heterocycles. The second kappa shape index (κ2) is 8.83. The number of carbonyl (C=O) groups is 2. The van der Waals surface area contributed by atoms with Gasteiger partial charge in [0, 0.05) is 36.4 Å². The maximum atomic E-state index is 12.5. The van der Waals surface area contributed by atoms with Gasteiger partial charge in [0.15, 0.2) is 5.78 Å². The standard InChI is InChI=1S/C19H21NO3/c21-18(11-3-1-2-4-12-19(22)23)17-10-6-5-9-16(17)15-8-7-13-20-14-15/h5-10,13-14H,1-4,11-12H2,(H,22,23). The highest BCUT2D eigenvalue weighted by atomic mass is 16.4. The van der Waals surface area contributed by atoms with E-state index in [1.807, 2.05) is 36.4 Å². The quantitative estimate of drug-likeness (QED) is 0.552. The van der Waals surface area contributed by atoms with Gasteiger partial charge in [-0.15, -0.1) is 0 Å². The van der Waals surface area contributed by atoms with Crippen molar-refractivity contribution < 1.29 is 14.7 Å². The first-order chi connectivity index (χ1) is 11.2. The number of ketones is 1. The minimum atomic E-state index is -0.758. The minimum absolute atomic E-state index is 0.127. The van der Waals surface area contributed by atoms with Gasteiger partial charge in [0.1, 0.15) is 0 Å². The summed E-state index contributed by atoms with van der Waals surface area (Å²) >= 11 is 0. The van der Waals surface area contributed by atoms with E-state index >= 15 is 0 Å². The van der Waals surface area contributed by atoms with Crippen molar-refractivity contribution in [2.75, 3.05) is 0 Å². The van der Waals surface area contributed by atoms with E-state index in [2.05, 4.69) is 4.98 Å². The van der Waals surface area contributed by atoms with Crippen LogP contribution in [0.4, 0.5) is 0 Å². The molecule has 0 spiro atoms. The van der Waals surface area contributed by atoms with E-state index in [0.717, 1.165) is 36.0 Å². The molecule has 0 unspecified atom stereocenters. The van der Waals surface area contributed by atoms with Crippen LogP contribution in [0.2, 0.25) is 0 Å². The molecule has 0 radical (unpaired) electrons. The molecule has 0 aliphatic rings. The van der Waals surface area contributed by atoms with Crippen LogP contribution in [0.25, 0.3) is 11.1 Å². The number of carbonyl (C=O) groups excluding carboxylic acids is 1. The third-order valence-corrected chi connectivity index (χ3v) is 3.74. The van der Waals surface area contributed by atoms with Gasteiger partial charge in [-0.05, 0) is 24.5 Å². The minimum Gasteiger partial charge on any atom is -0.481 e. The Morgan fingerprint density at radius 3 is 2.35 bits per heavy atom. The van der Waals surface area contributed by atoms with Gasteiger partial charge >= 0.3 is 5.97 Å². The number of Topliss-reactive ketones (excluding diaryl/α,β-unsaturated/α-hetero) is 1. The van der Waals surface area contributed by atoms with E-state index < -0.39 is 5.97 Å². The van der Waals surface area contributed by atoms with E-state index in [1.165, 1.54) is 0 Å². The fraction of sp³-hybridized carbons (Fsp3) is 0.316. The lowest BCUT2D eigenvalue weighted by molar-refractivity contribution is -0.137. The normalized spacial score (nSPS) is 10.4. The summed E-state index contributed by atoms with van der Waals surface area (Å²) in [6.07, 6.45) is 7.37. The molecular weight excluding hydrogens is 290 g/mol. The van der Waals surface area contributed by atoms with E-state index in [0.29, 0.717) is 12.8 Å². The molecule has 0 bridgehead atoms. The number of nitrogens with zero attached hydrogens (tertiary/aromatic N) is 1. The van der Waals surface area contributed by atoms with Crippen molar-refractivity contribution in [1.82, 2.24) is 4.98 Å². The number of unbranched alkanes of at least 4 members (excludes halogenated alkanes) is 3. The first-order valence-electron chi connectivity index (χ1n) is 7.93. The lowest BCUT2D eigenvalue weighted by Crippen LogP contribution is -2.02.